The van der Waals surface area contributed by atoms with Crippen LogP contribution in [0.5, 0.6) is 0 Å². The summed E-state index contributed by atoms with van der Waals surface area (Å²) in [5.41, 5.74) is 17.0. The van der Waals surface area contributed by atoms with Crippen molar-refractivity contribution in [2.45, 2.75) is 99.0 Å². The number of hydrogen-bond donors (Lipinski definition) is 0. The van der Waals surface area contributed by atoms with Crippen LogP contribution in [0.4, 0.5) is 0 Å². The molecule has 11 rings (SSSR count). The topological polar surface area (TPSA) is 69.6 Å². The summed E-state index contributed by atoms with van der Waals surface area (Å²) in [6, 6.07) is 45.2. The van der Waals surface area contributed by atoms with E-state index in [1.807, 2.05) is 74.8 Å². The fraction of sp³-hybridized carbons (Fsp3) is 0.286. The number of nitrogens with zero attached hydrogens (tertiary/aromatic N) is 5. The zero-order valence-corrected chi connectivity index (χ0v) is 39.6. The van der Waals surface area contributed by atoms with Crippen LogP contribution < -0.4 is 0 Å². The van der Waals surface area contributed by atoms with Crippen LogP contribution in [0.25, 0.3) is 67.0 Å². The van der Waals surface area contributed by atoms with Crippen LogP contribution in [-0.2, 0) is 39.5 Å². The Kier molecular flexibility index (Phi) is 13.2. The Labute approximate surface area is 385 Å². The number of aromatic nitrogens is 5. The predicted octanol–water partition coefficient (Wildman–Crippen LogP) is 14.0. The number of hydrogen-bond acceptors (Lipinski definition) is 5. The molecule has 0 spiro atoms. The summed E-state index contributed by atoms with van der Waals surface area (Å²) in [6.45, 7) is 13.9. The van der Waals surface area contributed by atoms with Crippen LogP contribution in [0.2, 0.25) is 0 Å². The first-order chi connectivity index (χ1) is 30.1. The van der Waals surface area contributed by atoms with Crippen LogP contribution in [0, 0.1) is 44.4 Å². The van der Waals surface area contributed by atoms with Crippen molar-refractivity contribution in [1.29, 1.82) is 0 Å². The molecule has 1 saturated carbocycles. The second-order valence-electron chi connectivity index (χ2n) is 18.2. The van der Waals surface area contributed by atoms with Gasteiger partial charge in [-0.3, -0.25) is 4.98 Å². The van der Waals surface area contributed by atoms with E-state index in [0.717, 1.165) is 80.4 Å². The number of imidazole rings is 1. The first kappa shape index (κ1) is 43.9. The van der Waals surface area contributed by atoms with Crippen LogP contribution in [-0.4, -0.2) is 24.5 Å². The average molecular weight is 1010 g/mol. The standard InChI is InChI=1S/C22H21N2O.C21H21N2.C13H12N.Ir/c1-14-8-9-17-16-6-5-7-18(20(16)25-21(17)24-14)19-12-15(10-11-23-19)13-22(2,3)4;1-2-9-16(10-3-1)21-22-19-13-12-17(15-7-4-5-8-15)18-11-6-14-23(21)20(18)19;1-10-3-6-12(7-4-10)13-8-5-11(2)9-14-13;/h5-6,8-12H,13H2,1-4H3;1-3,9,12-13,15H,4-8,11,14H2;3-6,8-9H,1-2H3;/q3*-1;+3. The van der Waals surface area contributed by atoms with Crippen molar-refractivity contribution in [3.05, 3.63) is 167 Å². The maximum atomic E-state index is 6.08. The van der Waals surface area contributed by atoms with E-state index in [0.29, 0.717) is 5.71 Å². The molecule has 0 atom stereocenters. The first-order valence-corrected chi connectivity index (χ1v) is 22.1. The molecule has 7 heteroatoms. The summed E-state index contributed by atoms with van der Waals surface area (Å²) >= 11 is 0. The van der Waals surface area contributed by atoms with Crippen LogP contribution in [0.3, 0.4) is 0 Å². The van der Waals surface area contributed by atoms with E-state index in [1.165, 1.54) is 60.7 Å². The molecule has 1 aliphatic carbocycles. The van der Waals surface area contributed by atoms with E-state index < -0.39 is 0 Å². The van der Waals surface area contributed by atoms with Crippen molar-refractivity contribution >= 4 is 33.1 Å². The maximum absolute atomic E-state index is 6.08. The molecule has 2 aliphatic rings. The van der Waals surface area contributed by atoms with Gasteiger partial charge >= 0.3 is 20.1 Å². The van der Waals surface area contributed by atoms with E-state index in [4.69, 9.17) is 9.40 Å². The van der Waals surface area contributed by atoms with Gasteiger partial charge in [0.25, 0.3) is 0 Å². The molecule has 0 bridgehead atoms. The van der Waals surface area contributed by atoms with Gasteiger partial charge in [0.05, 0.1) is 22.4 Å². The van der Waals surface area contributed by atoms with Gasteiger partial charge in [-0.1, -0.05) is 81.3 Å². The van der Waals surface area contributed by atoms with Gasteiger partial charge in [0.15, 0.2) is 0 Å². The minimum absolute atomic E-state index is 0. The molecule has 318 valence electrons. The van der Waals surface area contributed by atoms with Gasteiger partial charge in [-0.15, -0.1) is 89.5 Å². The molecule has 4 aromatic carbocycles. The smallest absolute Gasteiger partial charge is 0.486 e. The Balaban J connectivity index is 0.000000134. The Morgan fingerprint density at radius 1 is 0.746 bits per heavy atom. The molecule has 0 saturated heterocycles. The molecule has 6 heterocycles. The number of aryl methyl sites for hydroxylation is 5. The van der Waals surface area contributed by atoms with Crippen LogP contribution >= 0.6 is 0 Å². The van der Waals surface area contributed by atoms with E-state index in [1.54, 1.807) is 11.1 Å². The van der Waals surface area contributed by atoms with Gasteiger partial charge in [0.2, 0.25) is 5.71 Å². The third-order valence-electron chi connectivity index (χ3n) is 12.0. The SMILES string of the molecule is Cc1c[c-]c(-c2ccc(C)cn2)cc1.Cc1ccc2c(n1)oc1c(-c3cc(CC(C)(C)C)ccn3)[c-]ccc12.[Ir+3].[c-]1ccccc1-c1nc2ccc(C3CCCC3)c3c2n1CCC3. The second kappa shape index (κ2) is 18.9. The Morgan fingerprint density at radius 2 is 1.59 bits per heavy atom. The van der Waals surface area contributed by atoms with E-state index in [9.17, 15) is 0 Å². The van der Waals surface area contributed by atoms with Crippen molar-refractivity contribution in [1.82, 2.24) is 24.5 Å². The van der Waals surface area contributed by atoms with Crippen molar-refractivity contribution in [2.75, 3.05) is 0 Å². The molecule has 63 heavy (non-hydrogen) atoms. The summed E-state index contributed by atoms with van der Waals surface area (Å²) in [5, 5.41) is 2.08. The fourth-order valence-corrected chi connectivity index (χ4v) is 9.09. The Morgan fingerprint density at radius 3 is 2.33 bits per heavy atom. The molecule has 0 unspecified atom stereocenters. The van der Waals surface area contributed by atoms with Crippen molar-refractivity contribution in [2.24, 2.45) is 5.41 Å². The van der Waals surface area contributed by atoms with E-state index in [-0.39, 0.29) is 25.5 Å². The molecule has 9 aromatic rings. The van der Waals surface area contributed by atoms with Gasteiger partial charge in [-0.2, -0.15) is 0 Å². The molecule has 1 fully saturated rings. The zero-order chi connectivity index (χ0) is 42.8. The third-order valence-corrected chi connectivity index (χ3v) is 12.0. The van der Waals surface area contributed by atoms with Gasteiger partial charge in [-0.05, 0) is 110 Å². The molecule has 0 amide bonds. The zero-order valence-electron chi connectivity index (χ0n) is 37.2. The Bertz CT molecular complexity index is 2930. The Hall–Kier alpha value is -5.75. The van der Waals surface area contributed by atoms with Crippen molar-refractivity contribution in [3.8, 4) is 33.9 Å². The first-order valence-electron chi connectivity index (χ1n) is 22.1. The monoisotopic (exact) mass is 1010 g/mol. The van der Waals surface area contributed by atoms with E-state index in [2.05, 4.69) is 120 Å². The number of pyridine rings is 3. The quantitative estimate of drug-likeness (QED) is 0.161. The van der Waals surface area contributed by atoms with Crippen molar-refractivity contribution in [3.63, 3.8) is 0 Å². The van der Waals surface area contributed by atoms with Crippen LogP contribution in [0.15, 0.2) is 120 Å². The summed E-state index contributed by atoms with van der Waals surface area (Å²) in [5.74, 6) is 1.87. The summed E-state index contributed by atoms with van der Waals surface area (Å²) in [6.07, 6.45) is 12.7. The second-order valence-corrected chi connectivity index (χ2v) is 18.2. The predicted molar refractivity (Wildman–Crippen MR) is 253 cm³/mol. The number of rotatable bonds is 5. The summed E-state index contributed by atoms with van der Waals surface area (Å²) in [4.78, 5) is 18.4. The number of benzene rings is 4. The molecule has 6 nitrogen and oxygen atoms in total. The molecule has 0 N–H and O–H groups in total. The summed E-state index contributed by atoms with van der Waals surface area (Å²) in [7, 11) is 0. The number of furan rings is 1. The normalized spacial score (nSPS) is 13.6. The van der Waals surface area contributed by atoms with Crippen LogP contribution in [0.1, 0.15) is 92.3 Å². The van der Waals surface area contributed by atoms with Gasteiger partial charge in [0.1, 0.15) is 0 Å². The average Bonchev–Trinajstić information content (AvgIpc) is 4.04. The molecule has 0 radical (unpaired) electrons. The third kappa shape index (κ3) is 9.76. The van der Waals surface area contributed by atoms with E-state index >= 15 is 0 Å². The molecular formula is C56H54IrN5O. The van der Waals surface area contributed by atoms with Gasteiger partial charge in [0, 0.05) is 30.0 Å². The van der Waals surface area contributed by atoms with Gasteiger partial charge in [-0.25, -0.2) is 4.98 Å². The minimum atomic E-state index is 0. The molecular weight excluding hydrogens is 951 g/mol. The maximum Gasteiger partial charge on any atom is 3.00 e. The minimum Gasteiger partial charge on any atom is -0.486 e. The molecule has 1 aliphatic heterocycles. The largest absolute Gasteiger partial charge is 3.00 e. The molecule has 5 aromatic heterocycles. The van der Waals surface area contributed by atoms with Gasteiger partial charge < -0.3 is 19.0 Å². The summed E-state index contributed by atoms with van der Waals surface area (Å²) < 4.78 is 8.52. The fourth-order valence-electron chi connectivity index (χ4n) is 9.09. The number of fused-ring (bicyclic) bond motifs is 3. The van der Waals surface area contributed by atoms with Crippen molar-refractivity contribution < 1.29 is 24.5 Å².